The SMILES string of the molecule is COC[C@H]1O[C@@H](n2cc(C#N)c3c(NC(=O)C(CCC(C)C)C(C)C)ncnc32)C(O)C1O. The Labute approximate surface area is 193 Å². The highest BCUT2D eigenvalue weighted by Crippen LogP contribution is 2.35. The third kappa shape index (κ3) is 5.17. The number of carbonyl (C=O) groups excluding carboxylic acids is 1. The van der Waals surface area contributed by atoms with E-state index in [2.05, 4.69) is 35.2 Å². The van der Waals surface area contributed by atoms with Crippen LogP contribution in [0.15, 0.2) is 12.5 Å². The molecule has 10 heteroatoms. The number of methoxy groups -OCH3 is 1. The van der Waals surface area contributed by atoms with Crippen molar-refractivity contribution >= 4 is 22.8 Å². The molecule has 180 valence electrons. The fourth-order valence-electron chi connectivity index (χ4n) is 4.21. The van der Waals surface area contributed by atoms with E-state index >= 15 is 0 Å². The molecule has 0 radical (unpaired) electrons. The lowest BCUT2D eigenvalue weighted by Crippen LogP contribution is -2.33. The second-order valence-electron chi connectivity index (χ2n) is 9.30. The molecular formula is C23H33N5O5. The van der Waals surface area contributed by atoms with Crippen LogP contribution >= 0.6 is 0 Å². The summed E-state index contributed by atoms with van der Waals surface area (Å²) >= 11 is 0. The summed E-state index contributed by atoms with van der Waals surface area (Å²) in [4.78, 5) is 21.6. The molecule has 1 aliphatic rings. The van der Waals surface area contributed by atoms with E-state index in [9.17, 15) is 20.3 Å². The van der Waals surface area contributed by atoms with Crippen LogP contribution in [0.2, 0.25) is 0 Å². The number of hydrogen-bond donors (Lipinski definition) is 3. The number of ether oxygens (including phenoxy) is 2. The normalized spacial score (nSPS) is 23.9. The summed E-state index contributed by atoms with van der Waals surface area (Å²) in [5, 5.41) is 33.9. The van der Waals surface area contributed by atoms with Gasteiger partial charge in [0.2, 0.25) is 5.91 Å². The molecule has 3 N–H and O–H groups in total. The number of aliphatic hydroxyl groups excluding tert-OH is 2. The minimum atomic E-state index is -1.25. The number of nitrogens with zero attached hydrogens (tertiary/aromatic N) is 4. The molecule has 0 saturated carbocycles. The van der Waals surface area contributed by atoms with Crippen molar-refractivity contribution in [2.45, 2.75) is 65.1 Å². The minimum absolute atomic E-state index is 0.0995. The maximum atomic E-state index is 13.1. The van der Waals surface area contributed by atoms with Gasteiger partial charge in [-0.1, -0.05) is 34.1 Å². The summed E-state index contributed by atoms with van der Waals surface area (Å²) in [6.07, 6.45) is 0.347. The molecular weight excluding hydrogens is 426 g/mol. The van der Waals surface area contributed by atoms with Gasteiger partial charge in [0.1, 0.15) is 42.2 Å². The van der Waals surface area contributed by atoms with Gasteiger partial charge in [-0.05, 0) is 18.3 Å². The van der Waals surface area contributed by atoms with Gasteiger partial charge in [0.25, 0.3) is 0 Å². The molecule has 3 heterocycles. The number of aromatic nitrogens is 3. The zero-order valence-electron chi connectivity index (χ0n) is 19.7. The van der Waals surface area contributed by atoms with E-state index in [1.807, 2.05) is 13.8 Å². The highest BCUT2D eigenvalue weighted by atomic mass is 16.6. The van der Waals surface area contributed by atoms with Crippen LogP contribution in [-0.4, -0.2) is 62.7 Å². The summed E-state index contributed by atoms with van der Waals surface area (Å²) in [5.74, 6) is 0.503. The molecule has 10 nitrogen and oxygen atoms in total. The van der Waals surface area contributed by atoms with E-state index in [4.69, 9.17) is 9.47 Å². The Hall–Kier alpha value is -2.58. The Balaban J connectivity index is 1.95. The molecule has 1 amide bonds. The first-order valence-electron chi connectivity index (χ1n) is 11.3. The second kappa shape index (κ2) is 10.6. The van der Waals surface area contributed by atoms with Gasteiger partial charge in [-0.3, -0.25) is 4.79 Å². The number of hydrogen-bond acceptors (Lipinski definition) is 8. The highest BCUT2D eigenvalue weighted by Gasteiger charge is 2.44. The van der Waals surface area contributed by atoms with Crippen molar-refractivity contribution < 1.29 is 24.5 Å². The third-order valence-corrected chi connectivity index (χ3v) is 6.11. The van der Waals surface area contributed by atoms with Gasteiger partial charge in [0.05, 0.1) is 17.6 Å². The Bertz CT molecular complexity index is 1010. The number of carbonyl (C=O) groups is 1. The van der Waals surface area contributed by atoms with Gasteiger partial charge in [-0.15, -0.1) is 0 Å². The van der Waals surface area contributed by atoms with E-state index < -0.39 is 24.5 Å². The smallest absolute Gasteiger partial charge is 0.228 e. The Morgan fingerprint density at radius 1 is 1.27 bits per heavy atom. The van der Waals surface area contributed by atoms with Crippen LogP contribution in [0.5, 0.6) is 0 Å². The molecule has 0 aliphatic carbocycles. The van der Waals surface area contributed by atoms with Crippen molar-refractivity contribution in [2.24, 2.45) is 17.8 Å². The molecule has 33 heavy (non-hydrogen) atoms. The van der Waals surface area contributed by atoms with Gasteiger partial charge in [-0.2, -0.15) is 5.26 Å². The molecule has 1 aliphatic heterocycles. The third-order valence-electron chi connectivity index (χ3n) is 6.11. The van der Waals surface area contributed by atoms with Crippen LogP contribution in [0, 0.1) is 29.1 Å². The molecule has 2 aromatic heterocycles. The predicted molar refractivity (Wildman–Crippen MR) is 121 cm³/mol. The van der Waals surface area contributed by atoms with E-state index in [1.54, 1.807) is 0 Å². The lowest BCUT2D eigenvalue weighted by molar-refractivity contribution is -0.121. The van der Waals surface area contributed by atoms with Crippen molar-refractivity contribution in [1.82, 2.24) is 14.5 Å². The van der Waals surface area contributed by atoms with E-state index in [-0.39, 0.29) is 35.7 Å². The van der Waals surface area contributed by atoms with Crippen LogP contribution in [-0.2, 0) is 14.3 Å². The number of nitriles is 1. The standard InChI is InChI=1S/C23H33N5O5/c1-12(2)6-7-15(13(3)4)22(31)27-20-17-14(8-24)9-28(21(17)26-11-25-20)23-19(30)18(29)16(33-23)10-32-5/h9,11-13,15-16,18-19,23,29-30H,6-7,10H2,1-5H3,(H,25,26,27,31)/t15?,16-,18?,19?,23-/m1/s1. The average molecular weight is 460 g/mol. The maximum absolute atomic E-state index is 13.1. The maximum Gasteiger partial charge on any atom is 0.228 e. The number of aliphatic hydroxyl groups is 2. The number of rotatable bonds is 9. The van der Waals surface area contributed by atoms with Gasteiger partial charge in [0, 0.05) is 19.2 Å². The van der Waals surface area contributed by atoms with Gasteiger partial charge in [-0.25, -0.2) is 9.97 Å². The molecule has 3 unspecified atom stereocenters. The highest BCUT2D eigenvalue weighted by molar-refractivity contribution is 6.01. The molecule has 2 aromatic rings. The van der Waals surface area contributed by atoms with Crippen molar-refractivity contribution in [3.8, 4) is 6.07 Å². The molecule has 1 fully saturated rings. The van der Waals surface area contributed by atoms with Crippen molar-refractivity contribution in [3.05, 3.63) is 18.1 Å². The minimum Gasteiger partial charge on any atom is -0.387 e. The van der Waals surface area contributed by atoms with E-state index in [0.29, 0.717) is 17.0 Å². The summed E-state index contributed by atoms with van der Waals surface area (Å²) in [7, 11) is 1.47. The van der Waals surface area contributed by atoms with Gasteiger partial charge >= 0.3 is 0 Å². The molecule has 0 aromatic carbocycles. The fraction of sp³-hybridized carbons (Fsp3) is 0.652. The zero-order chi connectivity index (χ0) is 24.3. The monoisotopic (exact) mass is 459 g/mol. The fourth-order valence-corrected chi connectivity index (χ4v) is 4.21. The van der Waals surface area contributed by atoms with Crippen LogP contribution in [0.25, 0.3) is 11.0 Å². The number of nitrogens with one attached hydrogen (secondary N) is 1. The second-order valence-corrected chi connectivity index (χ2v) is 9.30. The summed E-state index contributed by atoms with van der Waals surface area (Å²) in [6, 6.07) is 2.11. The lowest BCUT2D eigenvalue weighted by atomic mass is 9.88. The van der Waals surface area contributed by atoms with Crippen LogP contribution < -0.4 is 5.32 Å². The van der Waals surface area contributed by atoms with E-state index in [1.165, 1.54) is 24.2 Å². The molecule has 5 atom stereocenters. The first-order valence-corrected chi connectivity index (χ1v) is 11.3. The predicted octanol–water partition coefficient (Wildman–Crippen LogP) is 2.22. The zero-order valence-corrected chi connectivity index (χ0v) is 19.7. The van der Waals surface area contributed by atoms with Crippen molar-refractivity contribution in [1.29, 1.82) is 5.26 Å². The summed E-state index contributed by atoms with van der Waals surface area (Å²) in [5.41, 5.74) is 0.541. The Kier molecular flexibility index (Phi) is 8.02. The first kappa shape index (κ1) is 25.1. The Morgan fingerprint density at radius 2 is 2.00 bits per heavy atom. The van der Waals surface area contributed by atoms with Gasteiger partial charge < -0.3 is 29.6 Å². The molecule has 1 saturated heterocycles. The number of amides is 1. The molecule has 3 rings (SSSR count). The average Bonchev–Trinajstić information content (AvgIpc) is 3.27. The van der Waals surface area contributed by atoms with Crippen LogP contribution in [0.4, 0.5) is 5.82 Å². The summed E-state index contributed by atoms with van der Waals surface area (Å²) < 4.78 is 12.3. The van der Waals surface area contributed by atoms with Crippen molar-refractivity contribution in [2.75, 3.05) is 19.0 Å². The number of anilines is 1. The summed E-state index contributed by atoms with van der Waals surface area (Å²) in [6.45, 7) is 8.37. The Morgan fingerprint density at radius 3 is 2.61 bits per heavy atom. The number of fused-ring (bicyclic) bond motifs is 1. The topological polar surface area (TPSA) is 143 Å². The van der Waals surface area contributed by atoms with E-state index in [0.717, 1.165) is 12.8 Å². The van der Waals surface area contributed by atoms with Crippen molar-refractivity contribution in [3.63, 3.8) is 0 Å². The molecule has 0 bridgehead atoms. The van der Waals surface area contributed by atoms with Crippen LogP contribution in [0.1, 0.15) is 52.3 Å². The molecule has 0 spiro atoms. The quantitative estimate of drug-likeness (QED) is 0.518. The largest absolute Gasteiger partial charge is 0.387 e. The van der Waals surface area contributed by atoms with Gasteiger partial charge in [0.15, 0.2) is 6.23 Å². The van der Waals surface area contributed by atoms with Crippen LogP contribution in [0.3, 0.4) is 0 Å². The lowest BCUT2D eigenvalue weighted by Gasteiger charge is -2.21. The first-order chi connectivity index (χ1) is 15.7.